The van der Waals surface area contributed by atoms with Crippen LogP contribution < -0.4 is 15.8 Å². The number of fused-ring (bicyclic) bond motifs is 1. The highest BCUT2D eigenvalue weighted by Crippen LogP contribution is 2.29. The van der Waals surface area contributed by atoms with Gasteiger partial charge in [0.25, 0.3) is 5.56 Å². The maximum absolute atomic E-state index is 12.9. The molecular formula is C24H26ClN7O. The fraction of sp³-hybridized carbons (Fsp3) is 0.333. The number of benzene rings is 1. The molecule has 1 aliphatic heterocycles. The molecule has 0 saturated carbocycles. The van der Waals surface area contributed by atoms with Crippen molar-refractivity contribution in [3.63, 3.8) is 0 Å². The molecular weight excluding hydrogens is 438 g/mol. The molecule has 0 spiro atoms. The van der Waals surface area contributed by atoms with E-state index in [1.54, 1.807) is 28.7 Å². The van der Waals surface area contributed by atoms with Crippen molar-refractivity contribution in [2.45, 2.75) is 19.8 Å². The number of aryl methyl sites for hydroxylation is 2. The molecule has 0 amide bonds. The summed E-state index contributed by atoms with van der Waals surface area (Å²) in [6, 6.07) is 7.75. The zero-order valence-electron chi connectivity index (χ0n) is 18.9. The SMILES string of the molecule is CC1CCN(c2ncc(Cl)c(Nc3ccc4c(c3)cc(-c3cnn(C)c3)c(=O)n4C)n2)CC1. The van der Waals surface area contributed by atoms with Crippen molar-refractivity contribution in [2.24, 2.45) is 20.0 Å². The van der Waals surface area contributed by atoms with Crippen LogP contribution in [-0.4, -0.2) is 37.4 Å². The van der Waals surface area contributed by atoms with Crippen LogP contribution in [-0.2, 0) is 14.1 Å². The first-order valence-corrected chi connectivity index (χ1v) is 11.4. The number of anilines is 3. The third-order valence-corrected chi connectivity index (χ3v) is 6.58. The molecule has 8 nitrogen and oxygen atoms in total. The Morgan fingerprint density at radius 2 is 1.91 bits per heavy atom. The molecule has 0 radical (unpaired) electrons. The first-order valence-electron chi connectivity index (χ1n) is 11.1. The fourth-order valence-electron chi connectivity index (χ4n) is 4.27. The summed E-state index contributed by atoms with van der Waals surface area (Å²) in [6.45, 7) is 4.18. The maximum Gasteiger partial charge on any atom is 0.258 e. The smallest absolute Gasteiger partial charge is 0.258 e. The minimum absolute atomic E-state index is 0.0597. The number of hydrogen-bond acceptors (Lipinski definition) is 6. The summed E-state index contributed by atoms with van der Waals surface area (Å²) < 4.78 is 3.35. The molecule has 33 heavy (non-hydrogen) atoms. The van der Waals surface area contributed by atoms with Crippen LogP contribution in [0, 0.1) is 5.92 Å². The van der Waals surface area contributed by atoms with Gasteiger partial charge in [0.15, 0.2) is 5.82 Å². The van der Waals surface area contributed by atoms with Gasteiger partial charge < -0.3 is 14.8 Å². The van der Waals surface area contributed by atoms with Gasteiger partial charge in [0, 0.05) is 50.0 Å². The number of nitrogens with zero attached hydrogens (tertiary/aromatic N) is 6. The van der Waals surface area contributed by atoms with Crippen LogP contribution in [0.1, 0.15) is 19.8 Å². The van der Waals surface area contributed by atoms with Crippen molar-refractivity contribution in [2.75, 3.05) is 23.3 Å². The van der Waals surface area contributed by atoms with Crippen LogP contribution in [0.25, 0.3) is 22.0 Å². The zero-order valence-corrected chi connectivity index (χ0v) is 19.7. The third kappa shape index (κ3) is 4.18. The topological polar surface area (TPSA) is 80.9 Å². The lowest BCUT2D eigenvalue weighted by Gasteiger charge is -2.30. The van der Waals surface area contributed by atoms with E-state index in [1.165, 1.54) is 0 Å². The molecule has 0 unspecified atom stereocenters. The van der Waals surface area contributed by atoms with Crippen LogP contribution in [0.5, 0.6) is 0 Å². The molecule has 4 aromatic rings. The highest BCUT2D eigenvalue weighted by Gasteiger charge is 2.19. The van der Waals surface area contributed by atoms with Gasteiger partial charge in [-0.2, -0.15) is 10.1 Å². The van der Waals surface area contributed by atoms with Gasteiger partial charge in [-0.3, -0.25) is 9.48 Å². The minimum Gasteiger partial charge on any atom is -0.341 e. The molecule has 1 saturated heterocycles. The van der Waals surface area contributed by atoms with Gasteiger partial charge in [0.05, 0.1) is 23.5 Å². The van der Waals surface area contributed by atoms with Crippen LogP contribution in [0.15, 0.2) is 47.7 Å². The van der Waals surface area contributed by atoms with Crippen LogP contribution in [0.2, 0.25) is 5.02 Å². The van der Waals surface area contributed by atoms with Crippen LogP contribution >= 0.6 is 11.6 Å². The first kappa shape index (κ1) is 21.5. The van der Waals surface area contributed by atoms with E-state index in [0.29, 0.717) is 22.4 Å². The zero-order chi connectivity index (χ0) is 23.1. The number of pyridine rings is 1. The lowest BCUT2D eigenvalue weighted by Crippen LogP contribution is -2.34. The minimum atomic E-state index is -0.0597. The molecule has 1 N–H and O–H groups in total. The Kier molecular flexibility index (Phi) is 5.54. The molecule has 0 bridgehead atoms. The number of aromatic nitrogens is 5. The average Bonchev–Trinajstić information content (AvgIpc) is 3.24. The molecule has 3 aromatic heterocycles. The predicted octanol–water partition coefficient (Wildman–Crippen LogP) is 4.36. The lowest BCUT2D eigenvalue weighted by molar-refractivity contribution is 0.434. The maximum atomic E-state index is 12.9. The van der Waals surface area contributed by atoms with E-state index in [9.17, 15) is 4.79 Å². The van der Waals surface area contributed by atoms with Gasteiger partial charge in [-0.25, -0.2) is 4.98 Å². The number of halogens is 1. The Labute approximate surface area is 196 Å². The summed E-state index contributed by atoms with van der Waals surface area (Å²) in [5.41, 5.74) is 3.01. The number of hydrogen-bond donors (Lipinski definition) is 1. The number of piperidine rings is 1. The van der Waals surface area contributed by atoms with E-state index < -0.39 is 0 Å². The van der Waals surface area contributed by atoms with Crippen LogP contribution in [0.4, 0.5) is 17.5 Å². The van der Waals surface area contributed by atoms with Gasteiger partial charge in [-0.1, -0.05) is 18.5 Å². The van der Waals surface area contributed by atoms with E-state index >= 15 is 0 Å². The van der Waals surface area contributed by atoms with E-state index in [1.807, 2.05) is 37.5 Å². The average molecular weight is 464 g/mol. The number of nitrogens with one attached hydrogen (secondary N) is 1. The summed E-state index contributed by atoms with van der Waals surface area (Å²) in [5.74, 6) is 1.99. The normalized spacial score (nSPS) is 14.7. The summed E-state index contributed by atoms with van der Waals surface area (Å²) in [7, 11) is 3.62. The summed E-state index contributed by atoms with van der Waals surface area (Å²) in [4.78, 5) is 24.2. The molecule has 9 heteroatoms. The van der Waals surface area contributed by atoms with Gasteiger partial charge >= 0.3 is 0 Å². The second-order valence-electron chi connectivity index (χ2n) is 8.76. The Hall–Kier alpha value is -3.39. The Morgan fingerprint density at radius 1 is 1.12 bits per heavy atom. The largest absolute Gasteiger partial charge is 0.341 e. The van der Waals surface area contributed by atoms with E-state index in [-0.39, 0.29) is 5.56 Å². The van der Waals surface area contributed by atoms with E-state index in [0.717, 1.165) is 54.0 Å². The quantitative estimate of drug-likeness (QED) is 0.484. The molecule has 5 rings (SSSR count). The Bertz CT molecular complexity index is 1390. The molecule has 0 atom stereocenters. The molecule has 1 aromatic carbocycles. The van der Waals surface area contributed by atoms with Crippen molar-refractivity contribution in [3.8, 4) is 11.1 Å². The van der Waals surface area contributed by atoms with Gasteiger partial charge in [-0.15, -0.1) is 0 Å². The van der Waals surface area contributed by atoms with Crippen molar-refractivity contribution in [3.05, 3.63) is 58.2 Å². The van der Waals surface area contributed by atoms with Crippen LogP contribution in [0.3, 0.4) is 0 Å². The molecule has 1 fully saturated rings. The fourth-order valence-corrected chi connectivity index (χ4v) is 4.41. The Morgan fingerprint density at radius 3 is 2.64 bits per heavy atom. The van der Waals surface area contributed by atoms with Gasteiger partial charge in [-0.05, 0) is 43.0 Å². The Balaban J connectivity index is 1.49. The number of rotatable bonds is 4. The summed E-state index contributed by atoms with van der Waals surface area (Å²) >= 11 is 6.42. The molecule has 170 valence electrons. The van der Waals surface area contributed by atoms with Crippen molar-refractivity contribution in [1.82, 2.24) is 24.3 Å². The predicted molar refractivity (Wildman–Crippen MR) is 132 cm³/mol. The van der Waals surface area contributed by atoms with Crippen molar-refractivity contribution in [1.29, 1.82) is 0 Å². The van der Waals surface area contributed by atoms with Gasteiger partial charge in [0.2, 0.25) is 5.95 Å². The monoisotopic (exact) mass is 463 g/mol. The first-order chi connectivity index (χ1) is 15.9. The molecule has 1 aliphatic rings. The molecule has 4 heterocycles. The second kappa shape index (κ2) is 8.51. The highest BCUT2D eigenvalue weighted by atomic mass is 35.5. The highest BCUT2D eigenvalue weighted by molar-refractivity contribution is 6.32. The third-order valence-electron chi connectivity index (χ3n) is 6.30. The van der Waals surface area contributed by atoms with Gasteiger partial charge in [0.1, 0.15) is 5.02 Å². The summed E-state index contributed by atoms with van der Waals surface area (Å²) in [6.07, 6.45) is 7.47. The van der Waals surface area contributed by atoms with E-state index in [2.05, 4.69) is 27.2 Å². The lowest BCUT2D eigenvalue weighted by atomic mass is 10.00. The van der Waals surface area contributed by atoms with Crippen molar-refractivity contribution < 1.29 is 0 Å². The standard InChI is InChI=1S/C24H26ClN7O/c1-15-6-8-32(9-7-15)24-26-13-20(25)22(29-24)28-18-4-5-21-16(10-18)11-19(23(33)31(21)3)17-12-27-30(2)14-17/h4-5,10-15H,6-9H2,1-3H3,(H,26,28,29). The van der Waals surface area contributed by atoms with E-state index in [4.69, 9.17) is 16.6 Å². The second-order valence-corrected chi connectivity index (χ2v) is 9.17. The molecule has 0 aliphatic carbocycles. The summed E-state index contributed by atoms with van der Waals surface area (Å²) in [5, 5.41) is 8.92. The van der Waals surface area contributed by atoms with Crippen molar-refractivity contribution >= 4 is 40.0 Å².